The van der Waals surface area contributed by atoms with Crippen molar-refractivity contribution in [1.82, 2.24) is 15.4 Å². The van der Waals surface area contributed by atoms with Gasteiger partial charge in [0.25, 0.3) is 5.91 Å². The summed E-state index contributed by atoms with van der Waals surface area (Å²) in [4.78, 5) is 21.2. The van der Waals surface area contributed by atoms with Crippen molar-refractivity contribution in [2.75, 3.05) is 13.7 Å². The van der Waals surface area contributed by atoms with Crippen LogP contribution in [-0.4, -0.2) is 35.8 Å². The fraction of sp³-hybridized carbons (Fsp3) is 0.208. The number of ether oxygens (including phenoxy) is 2. The van der Waals surface area contributed by atoms with Crippen LogP contribution in [0.2, 0.25) is 0 Å². The third-order valence-corrected chi connectivity index (χ3v) is 5.32. The zero-order valence-electron chi connectivity index (χ0n) is 18.5. The number of rotatable bonds is 9. The standard InChI is InChI=1S/C24H23N5O3S/c1-16-12-17(2)28-24(27-16)33-15-18-4-7-20(8-5-18)23(30)29-26-14-19-6-9-21(32-11-10-25)22(13-19)31-3/h4-9,12-14H,11,15H2,1-3H3,(H,29,30)/b26-14+. The molecule has 9 heteroatoms. The molecule has 1 N–H and O–H groups in total. The third-order valence-electron chi connectivity index (χ3n) is 4.41. The Hall–Kier alpha value is -3.90. The first-order valence-corrected chi connectivity index (χ1v) is 11.0. The molecule has 0 aliphatic heterocycles. The highest BCUT2D eigenvalue weighted by atomic mass is 32.2. The van der Waals surface area contributed by atoms with Crippen molar-refractivity contribution < 1.29 is 14.3 Å². The smallest absolute Gasteiger partial charge is 0.271 e. The van der Waals surface area contributed by atoms with Crippen LogP contribution >= 0.6 is 11.8 Å². The summed E-state index contributed by atoms with van der Waals surface area (Å²) in [5.41, 5.74) is 6.67. The van der Waals surface area contributed by atoms with E-state index in [4.69, 9.17) is 14.7 Å². The van der Waals surface area contributed by atoms with E-state index in [0.29, 0.717) is 28.4 Å². The number of aryl methyl sites for hydroxylation is 2. The van der Waals surface area contributed by atoms with Crippen molar-refractivity contribution in [3.63, 3.8) is 0 Å². The molecule has 1 aromatic heterocycles. The number of carbonyl (C=O) groups excluding carboxylic acids is 1. The second-order valence-electron chi connectivity index (χ2n) is 6.98. The molecule has 0 fully saturated rings. The van der Waals surface area contributed by atoms with Crippen molar-refractivity contribution in [3.8, 4) is 17.6 Å². The molecule has 2 aromatic carbocycles. The van der Waals surface area contributed by atoms with E-state index in [1.54, 1.807) is 42.1 Å². The summed E-state index contributed by atoms with van der Waals surface area (Å²) in [6.45, 7) is 3.83. The van der Waals surface area contributed by atoms with E-state index in [1.165, 1.54) is 13.3 Å². The molecule has 0 spiro atoms. The number of nitrogens with one attached hydrogen (secondary N) is 1. The van der Waals surface area contributed by atoms with Gasteiger partial charge in [0, 0.05) is 22.7 Å². The fourth-order valence-corrected chi connectivity index (χ4v) is 3.79. The number of aromatic nitrogens is 2. The van der Waals surface area contributed by atoms with Crippen molar-refractivity contribution in [2.24, 2.45) is 5.10 Å². The number of hydrogen-bond donors (Lipinski definition) is 1. The molecule has 0 bridgehead atoms. The Balaban J connectivity index is 1.55. The number of amides is 1. The van der Waals surface area contributed by atoms with E-state index in [0.717, 1.165) is 22.1 Å². The van der Waals surface area contributed by atoms with Gasteiger partial charge in [-0.3, -0.25) is 4.79 Å². The second-order valence-corrected chi connectivity index (χ2v) is 7.92. The predicted molar refractivity (Wildman–Crippen MR) is 127 cm³/mol. The Morgan fingerprint density at radius 2 is 1.85 bits per heavy atom. The van der Waals surface area contributed by atoms with Gasteiger partial charge in [-0.15, -0.1) is 0 Å². The molecule has 0 atom stereocenters. The molecule has 3 aromatic rings. The highest BCUT2D eigenvalue weighted by molar-refractivity contribution is 7.98. The van der Waals surface area contributed by atoms with Gasteiger partial charge in [0.05, 0.1) is 13.3 Å². The zero-order valence-corrected chi connectivity index (χ0v) is 19.3. The maximum Gasteiger partial charge on any atom is 0.271 e. The van der Waals surface area contributed by atoms with Crippen molar-refractivity contribution >= 4 is 23.9 Å². The second kappa shape index (κ2) is 11.6. The number of carbonyl (C=O) groups is 1. The lowest BCUT2D eigenvalue weighted by molar-refractivity contribution is 0.0955. The summed E-state index contributed by atoms with van der Waals surface area (Å²) in [7, 11) is 1.51. The minimum Gasteiger partial charge on any atom is -0.493 e. The molecule has 33 heavy (non-hydrogen) atoms. The van der Waals surface area contributed by atoms with Crippen LogP contribution in [0.5, 0.6) is 11.5 Å². The predicted octanol–water partition coefficient (Wildman–Crippen LogP) is 4.06. The third kappa shape index (κ3) is 7.05. The topological polar surface area (TPSA) is 109 Å². The lowest BCUT2D eigenvalue weighted by Crippen LogP contribution is -2.17. The minimum atomic E-state index is -0.316. The van der Waals surface area contributed by atoms with Crippen LogP contribution in [-0.2, 0) is 5.75 Å². The summed E-state index contributed by atoms with van der Waals surface area (Å²) in [6.07, 6.45) is 1.50. The highest BCUT2D eigenvalue weighted by Crippen LogP contribution is 2.27. The maximum atomic E-state index is 12.4. The molecule has 1 amide bonds. The normalized spacial score (nSPS) is 10.6. The summed E-state index contributed by atoms with van der Waals surface area (Å²) in [5.74, 6) is 1.32. The molecule has 0 saturated carbocycles. The van der Waals surface area contributed by atoms with Crippen LogP contribution in [0.3, 0.4) is 0 Å². The van der Waals surface area contributed by atoms with Crippen molar-refractivity contribution in [2.45, 2.75) is 24.8 Å². The average molecular weight is 462 g/mol. The largest absolute Gasteiger partial charge is 0.493 e. The number of nitriles is 1. The van der Waals surface area contributed by atoms with E-state index in [-0.39, 0.29) is 12.5 Å². The first-order valence-electron chi connectivity index (χ1n) is 10.0. The Bertz CT molecular complexity index is 1170. The van der Waals surface area contributed by atoms with E-state index in [1.807, 2.05) is 38.1 Å². The van der Waals surface area contributed by atoms with Gasteiger partial charge in [-0.2, -0.15) is 10.4 Å². The Morgan fingerprint density at radius 3 is 2.52 bits per heavy atom. The lowest BCUT2D eigenvalue weighted by atomic mass is 10.1. The molecule has 1 heterocycles. The van der Waals surface area contributed by atoms with Crippen molar-refractivity contribution in [1.29, 1.82) is 5.26 Å². The summed E-state index contributed by atoms with van der Waals surface area (Å²) in [6, 6.07) is 16.3. The first kappa shape index (κ1) is 23.8. The Kier molecular flexibility index (Phi) is 8.38. The first-order chi connectivity index (χ1) is 16.0. The van der Waals surface area contributed by atoms with Crippen LogP contribution < -0.4 is 14.9 Å². The molecule has 3 rings (SSSR count). The van der Waals surface area contributed by atoms with E-state index in [9.17, 15) is 4.79 Å². The van der Waals surface area contributed by atoms with Gasteiger partial charge < -0.3 is 9.47 Å². The summed E-state index contributed by atoms with van der Waals surface area (Å²) < 4.78 is 10.5. The van der Waals surface area contributed by atoms with E-state index >= 15 is 0 Å². The van der Waals surface area contributed by atoms with Gasteiger partial charge in [-0.25, -0.2) is 15.4 Å². The van der Waals surface area contributed by atoms with Crippen LogP contribution in [0.1, 0.15) is 32.9 Å². The van der Waals surface area contributed by atoms with Gasteiger partial charge in [-0.1, -0.05) is 23.9 Å². The molecule has 0 aliphatic carbocycles. The van der Waals surface area contributed by atoms with E-state index in [2.05, 4.69) is 20.5 Å². The summed E-state index contributed by atoms with van der Waals surface area (Å²) >= 11 is 1.55. The molecule has 8 nitrogen and oxygen atoms in total. The van der Waals surface area contributed by atoms with Gasteiger partial charge >= 0.3 is 0 Å². The Labute approximate surface area is 196 Å². The number of hydrogen-bond acceptors (Lipinski definition) is 8. The molecule has 0 aliphatic rings. The van der Waals surface area contributed by atoms with Gasteiger partial charge in [0.1, 0.15) is 6.07 Å². The molecular formula is C24H23N5O3S. The van der Waals surface area contributed by atoms with Crippen LogP contribution in [0.15, 0.2) is 58.8 Å². The molecule has 0 radical (unpaired) electrons. The summed E-state index contributed by atoms with van der Waals surface area (Å²) in [5, 5.41) is 13.4. The minimum absolute atomic E-state index is 0.0727. The number of benzene rings is 2. The Morgan fingerprint density at radius 1 is 1.12 bits per heavy atom. The van der Waals surface area contributed by atoms with Gasteiger partial charge in [0.15, 0.2) is 23.3 Å². The monoisotopic (exact) mass is 461 g/mol. The maximum absolute atomic E-state index is 12.4. The number of thioether (sulfide) groups is 1. The van der Waals surface area contributed by atoms with Gasteiger partial charge in [0.2, 0.25) is 0 Å². The van der Waals surface area contributed by atoms with Crippen LogP contribution in [0.4, 0.5) is 0 Å². The molecule has 168 valence electrons. The van der Waals surface area contributed by atoms with Crippen LogP contribution in [0.25, 0.3) is 0 Å². The zero-order chi connectivity index (χ0) is 23.6. The molecular weight excluding hydrogens is 438 g/mol. The van der Waals surface area contributed by atoms with E-state index < -0.39 is 0 Å². The highest BCUT2D eigenvalue weighted by Gasteiger charge is 2.07. The molecule has 0 unspecified atom stereocenters. The molecule has 0 saturated heterocycles. The van der Waals surface area contributed by atoms with Gasteiger partial charge in [-0.05, 0) is 61.4 Å². The quantitative estimate of drug-likeness (QED) is 0.221. The van der Waals surface area contributed by atoms with Crippen LogP contribution in [0, 0.1) is 25.2 Å². The van der Waals surface area contributed by atoms with Crippen molar-refractivity contribution in [3.05, 3.63) is 76.6 Å². The number of nitrogens with zero attached hydrogens (tertiary/aromatic N) is 4. The lowest BCUT2D eigenvalue weighted by Gasteiger charge is -2.08. The SMILES string of the molecule is COc1cc(/C=N/NC(=O)c2ccc(CSc3nc(C)cc(C)n3)cc2)ccc1OCC#N. The average Bonchev–Trinajstić information content (AvgIpc) is 2.81. The number of hydrazone groups is 1. The fourth-order valence-electron chi connectivity index (χ4n) is 2.88. The number of methoxy groups -OCH3 is 1.